The molecule has 56 valence electrons. The average molecular weight is 157 g/mol. The Hall–Kier alpha value is -0.700. The molecule has 1 aromatic rings. The third-order valence-corrected chi connectivity index (χ3v) is 1.65. The Morgan fingerprint density at radius 1 is 1.60 bits per heavy atom. The molecule has 0 aromatic carbocycles. The van der Waals surface area contributed by atoms with E-state index in [0.717, 1.165) is 4.88 Å². The molecule has 0 N–H and O–H groups in total. The summed E-state index contributed by atoms with van der Waals surface area (Å²) in [6.45, 7) is 5.54. The summed E-state index contributed by atoms with van der Waals surface area (Å²) < 4.78 is 0. The normalized spacial score (nSPS) is 7.90. The van der Waals surface area contributed by atoms with Crippen molar-refractivity contribution in [3.63, 3.8) is 0 Å². The van der Waals surface area contributed by atoms with Crippen LogP contribution in [-0.4, -0.2) is 10.8 Å². The SMILES string of the molecule is CC.CC(=O)c1cncs1. The van der Waals surface area contributed by atoms with Crippen LogP contribution in [0, 0.1) is 0 Å². The van der Waals surface area contributed by atoms with Gasteiger partial charge in [-0.15, -0.1) is 11.3 Å². The van der Waals surface area contributed by atoms with Gasteiger partial charge in [0, 0.05) is 13.1 Å². The molecular weight excluding hydrogens is 146 g/mol. The number of Topliss-reactive ketones (excluding diaryl/α,β-unsaturated/α-hetero) is 1. The van der Waals surface area contributed by atoms with Gasteiger partial charge in [-0.25, -0.2) is 0 Å². The number of carbonyl (C=O) groups excluding carboxylic acids is 1. The van der Waals surface area contributed by atoms with Gasteiger partial charge in [0.05, 0.1) is 10.4 Å². The van der Waals surface area contributed by atoms with Gasteiger partial charge >= 0.3 is 0 Å². The van der Waals surface area contributed by atoms with Gasteiger partial charge in [0.2, 0.25) is 0 Å². The highest BCUT2D eigenvalue weighted by Crippen LogP contribution is 2.04. The van der Waals surface area contributed by atoms with Crippen molar-refractivity contribution in [1.29, 1.82) is 0 Å². The molecule has 1 heterocycles. The van der Waals surface area contributed by atoms with Crippen LogP contribution in [-0.2, 0) is 0 Å². The zero-order valence-electron chi connectivity index (χ0n) is 6.42. The van der Waals surface area contributed by atoms with Gasteiger partial charge < -0.3 is 0 Å². The van der Waals surface area contributed by atoms with Crippen molar-refractivity contribution in [1.82, 2.24) is 4.98 Å². The first-order valence-electron chi connectivity index (χ1n) is 3.20. The molecular formula is C7H11NOS. The van der Waals surface area contributed by atoms with Gasteiger partial charge in [-0.2, -0.15) is 0 Å². The second-order valence-corrected chi connectivity index (χ2v) is 2.31. The van der Waals surface area contributed by atoms with Gasteiger partial charge in [0.15, 0.2) is 5.78 Å². The number of thiazole rings is 1. The molecule has 0 fully saturated rings. The largest absolute Gasteiger partial charge is 0.294 e. The molecule has 1 rings (SSSR count). The first-order valence-corrected chi connectivity index (χ1v) is 4.08. The number of carbonyl (C=O) groups is 1. The van der Waals surface area contributed by atoms with Crippen molar-refractivity contribution in [2.24, 2.45) is 0 Å². The summed E-state index contributed by atoms with van der Waals surface area (Å²) in [7, 11) is 0. The van der Waals surface area contributed by atoms with Crippen LogP contribution in [0.2, 0.25) is 0 Å². The molecule has 0 saturated carbocycles. The fraction of sp³-hybridized carbons (Fsp3) is 0.429. The smallest absolute Gasteiger partial charge is 0.171 e. The van der Waals surface area contributed by atoms with E-state index in [0.29, 0.717) is 0 Å². The second-order valence-electron chi connectivity index (χ2n) is 1.42. The predicted molar refractivity (Wildman–Crippen MR) is 43.5 cm³/mol. The molecule has 0 amide bonds. The lowest BCUT2D eigenvalue weighted by Gasteiger charge is -1.77. The minimum absolute atomic E-state index is 0.0903. The summed E-state index contributed by atoms with van der Waals surface area (Å²) >= 11 is 1.37. The lowest BCUT2D eigenvalue weighted by Crippen LogP contribution is -1.83. The van der Waals surface area contributed by atoms with Crippen LogP contribution in [0.4, 0.5) is 0 Å². The predicted octanol–water partition coefficient (Wildman–Crippen LogP) is 2.37. The molecule has 1 aromatic heterocycles. The Kier molecular flexibility index (Phi) is 4.76. The van der Waals surface area contributed by atoms with E-state index in [9.17, 15) is 4.79 Å². The lowest BCUT2D eigenvalue weighted by molar-refractivity contribution is 0.102. The van der Waals surface area contributed by atoms with E-state index in [1.807, 2.05) is 13.8 Å². The Morgan fingerprint density at radius 2 is 2.20 bits per heavy atom. The number of nitrogens with zero attached hydrogens (tertiary/aromatic N) is 1. The van der Waals surface area contributed by atoms with Crippen molar-refractivity contribution in [3.05, 3.63) is 16.6 Å². The zero-order valence-corrected chi connectivity index (χ0v) is 7.23. The molecule has 10 heavy (non-hydrogen) atoms. The molecule has 0 aliphatic rings. The van der Waals surface area contributed by atoms with E-state index >= 15 is 0 Å². The molecule has 0 atom stereocenters. The molecule has 0 saturated heterocycles. The molecule has 0 bridgehead atoms. The first kappa shape index (κ1) is 9.30. The second kappa shape index (κ2) is 5.11. The summed E-state index contributed by atoms with van der Waals surface area (Å²) in [6, 6.07) is 0. The maximum absolute atomic E-state index is 10.5. The highest BCUT2D eigenvalue weighted by molar-refractivity contribution is 7.11. The van der Waals surface area contributed by atoms with E-state index in [2.05, 4.69) is 4.98 Å². The van der Waals surface area contributed by atoms with E-state index in [-0.39, 0.29) is 5.78 Å². The average Bonchev–Trinajstić information content (AvgIpc) is 2.42. The standard InChI is InChI=1S/C5H5NOS.C2H6/c1-4(7)5-2-6-3-8-5;1-2/h2-3H,1H3;1-2H3. The van der Waals surface area contributed by atoms with Crippen LogP contribution in [0.3, 0.4) is 0 Å². The zero-order chi connectivity index (χ0) is 7.98. The van der Waals surface area contributed by atoms with Crippen molar-refractivity contribution < 1.29 is 4.79 Å². The fourth-order valence-electron chi connectivity index (χ4n) is 0.390. The first-order chi connectivity index (χ1) is 4.80. The van der Waals surface area contributed by atoms with E-state index in [4.69, 9.17) is 0 Å². The minimum Gasteiger partial charge on any atom is -0.294 e. The summed E-state index contributed by atoms with van der Waals surface area (Å²) in [6.07, 6.45) is 1.58. The maximum atomic E-state index is 10.5. The number of aromatic nitrogens is 1. The number of hydrogen-bond donors (Lipinski definition) is 0. The minimum atomic E-state index is 0.0903. The molecule has 0 radical (unpaired) electrons. The molecule has 0 aliphatic heterocycles. The quantitative estimate of drug-likeness (QED) is 0.586. The van der Waals surface area contributed by atoms with Crippen molar-refractivity contribution in [2.75, 3.05) is 0 Å². The summed E-state index contributed by atoms with van der Waals surface area (Å²) in [4.78, 5) is 14.9. The molecule has 2 nitrogen and oxygen atoms in total. The van der Waals surface area contributed by atoms with Crippen LogP contribution in [0.1, 0.15) is 30.4 Å². The van der Waals surface area contributed by atoms with Gasteiger partial charge in [-0.3, -0.25) is 9.78 Å². The fourth-order valence-corrected chi connectivity index (χ4v) is 0.913. The van der Waals surface area contributed by atoms with Crippen LogP contribution < -0.4 is 0 Å². The van der Waals surface area contributed by atoms with Gasteiger partial charge in [-0.05, 0) is 0 Å². The van der Waals surface area contributed by atoms with Gasteiger partial charge in [0.25, 0.3) is 0 Å². The van der Waals surface area contributed by atoms with Crippen molar-refractivity contribution in [3.8, 4) is 0 Å². The number of rotatable bonds is 1. The Balaban J connectivity index is 0.000000371. The molecule has 3 heteroatoms. The number of hydrogen-bond acceptors (Lipinski definition) is 3. The third kappa shape index (κ3) is 2.73. The van der Waals surface area contributed by atoms with Crippen molar-refractivity contribution in [2.45, 2.75) is 20.8 Å². The lowest BCUT2D eigenvalue weighted by atomic mass is 10.4. The van der Waals surface area contributed by atoms with Crippen LogP contribution in [0.25, 0.3) is 0 Å². The van der Waals surface area contributed by atoms with E-state index in [1.165, 1.54) is 18.3 Å². The van der Waals surface area contributed by atoms with Crippen LogP contribution in [0.15, 0.2) is 11.7 Å². The van der Waals surface area contributed by atoms with Crippen molar-refractivity contribution >= 4 is 17.1 Å². The third-order valence-electron chi connectivity index (χ3n) is 0.779. The summed E-state index contributed by atoms with van der Waals surface area (Å²) in [5.41, 5.74) is 1.65. The Bertz CT molecular complexity index is 181. The van der Waals surface area contributed by atoms with Gasteiger partial charge in [0.1, 0.15) is 0 Å². The maximum Gasteiger partial charge on any atom is 0.171 e. The highest BCUT2D eigenvalue weighted by Gasteiger charge is 1.96. The number of ketones is 1. The monoisotopic (exact) mass is 157 g/mol. The topological polar surface area (TPSA) is 30.0 Å². The Morgan fingerprint density at radius 3 is 2.40 bits per heavy atom. The Labute approximate surface area is 64.9 Å². The molecule has 0 aliphatic carbocycles. The molecule has 0 unspecified atom stereocenters. The van der Waals surface area contributed by atoms with Crippen LogP contribution >= 0.6 is 11.3 Å². The van der Waals surface area contributed by atoms with Crippen LogP contribution in [0.5, 0.6) is 0 Å². The molecule has 0 spiro atoms. The summed E-state index contributed by atoms with van der Waals surface area (Å²) in [5.74, 6) is 0.0903. The van der Waals surface area contributed by atoms with E-state index < -0.39 is 0 Å². The van der Waals surface area contributed by atoms with Gasteiger partial charge in [-0.1, -0.05) is 13.8 Å². The highest BCUT2D eigenvalue weighted by atomic mass is 32.1. The summed E-state index contributed by atoms with van der Waals surface area (Å²) in [5, 5.41) is 0. The van der Waals surface area contributed by atoms with E-state index in [1.54, 1.807) is 11.7 Å².